The van der Waals surface area contributed by atoms with Crippen LogP contribution in [0.3, 0.4) is 0 Å². The number of aromatic nitrogens is 12. The van der Waals surface area contributed by atoms with Gasteiger partial charge in [0.25, 0.3) is 0 Å². The van der Waals surface area contributed by atoms with E-state index in [-0.39, 0.29) is 5.41 Å². The molecular formula is C133H84N12O3. The molecule has 0 aliphatic heterocycles. The number of hydrogen-bond acceptors (Lipinski definition) is 11. The zero-order chi connectivity index (χ0) is 97.8. The Balaban J connectivity index is 0.000000105. The lowest BCUT2D eigenvalue weighted by atomic mass is 9.82. The third kappa shape index (κ3) is 14.0. The third-order valence-electron chi connectivity index (χ3n) is 29.5. The van der Waals surface area contributed by atoms with Crippen molar-refractivity contribution >= 4 is 153 Å². The Morgan fingerprint density at radius 1 is 0.182 bits per heavy atom. The van der Waals surface area contributed by atoms with Gasteiger partial charge >= 0.3 is 0 Å². The Morgan fingerprint density at radius 2 is 0.541 bits per heavy atom. The molecule has 15 nitrogen and oxygen atoms in total. The van der Waals surface area contributed by atoms with E-state index in [1.807, 2.05) is 127 Å². The Hall–Kier alpha value is -19.9. The molecule has 15 heteroatoms. The van der Waals surface area contributed by atoms with Gasteiger partial charge < -0.3 is 17.8 Å². The maximum Gasteiger partial charge on any atom is 0.238 e. The van der Waals surface area contributed by atoms with Gasteiger partial charge in [-0.2, -0.15) is 19.9 Å². The highest BCUT2D eigenvalue weighted by Crippen LogP contribution is 2.53. The second kappa shape index (κ2) is 34.2. The van der Waals surface area contributed by atoms with Gasteiger partial charge in [-0.25, -0.2) is 19.9 Å². The van der Waals surface area contributed by atoms with E-state index >= 15 is 0 Å². The molecule has 0 saturated carbocycles. The van der Waals surface area contributed by atoms with Gasteiger partial charge in [-0.1, -0.05) is 354 Å². The van der Waals surface area contributed by atoms with Crippen LogP contribution in [0, 0.1) is 0 Å². The van der Waals surface area contributed by atoms with E-state index in [2.05, 4.69) is 378 Å². The van der Waals surface area contributed by atoms with Crippen LogP contribution in [0.1, 0.15) is 25.0 Å². The molecule has 30 aromatic rings. The first-order chi connectivity index (χ1) is 73.1. The van der Waals surface area contributed by atoms with Crippen molar-refractivity contribution < 1.29 is 13.3 Å². The van der Waals surface area contributed by atoms with E-state index in [4.69, 9.17) is 53.1 Å². The Kier molecular flexibility index (Phi) is 19.6. The first-order valence-electron chi connectivity index (χ1n) is 49.8. The van der Waals surface area contributed by atoms with Crippen molar-refractivity contribution in [2.75, 3.05) is 0 Å². The largest absolute Gasteiger partial charge is 0.456 e. The average molecular weight is 1900 g/mol. The minimum atomic E-state index is -0.118. The first-order valence-corrected chi connectivity index (χ1v) is 49.8. The van der Waals surface area contributed by atoms with Crippen LogP contribution in [0.2, 0.25) is 0 Å². The minimum Gasteiger partial charge on any atom is -0.456 e. The molecule has 0 fully saturated rings. The second-order valence-corrected chi connectivity index (χ2v) is 38.4. The van der Waals surface area contributed by atoms with E-state index in [9.17, 15) is 0 Å². The summed E-state index contributed by atoms with van der Waals surface area (Å²) in [5.41, 5.74) is 30.9. The zero-order valence-electron chi connectivity index (χ0n) is 80.1. The van der Waals surface area contributed by atoms with Crippen LogP contribution in [0.25, 0.3) is 278 Å². The molecule has 0 amide bonds. The number of furan rings is 3. The molecule has 31 rings (SSSR count). The normalized spacial score (nSPS) is 12.3. The number of nitrogens with zero attached hydrogens (tertiary/aromatic N) is 12. The molecule has 1 aliphatic rings. The van der Waals surface area contributed by atoms with Crippen molar-refractivity contribution in [1.82, 2.24) is 58.1 Å². The van der Waals surface area contributed by atoms with Gasteiger partial charge in [-0.05, 0) is 172 Å². The van der Waals surface area contributed by atoms with Crippen molar-refractivity contribution in [2.24, 2.45) is 0 Å². The lowest BCUT2D eigenvalue weighted by molar-refractivity contribution is 0.661. The quantitative estimate of drug-likeness (QED) is 0.114. The van der Waals surface area contributed by atoms with Crippen molar-refractivity contribution in [3.8, 4) is 125 Å². The summed E-state index contributed by atoms with van der Waals surface area (Å²) in [6.07, 6.45) is 0. The Morgan fingerprint density at radius 3 is 1.10 bits per heavy atom. The van der Waals surface area contributed by atoms with Crippen molar-refractivity contribution in [3.05, 3.63) is 484 Å². The molecular weight excluding hydrogens is 1810 g/mol. The summed E-state index contributed by atoms with van der Waals surface area (Å²) >= 11 is 0. The molecule has 0 saturated heterocycles. The lowest BCUT2D eigenvalue weighted by Gasteiger charge is -2.21. The molecule has 148 heavy (non-hydrogen) atoms. The highest BCUT2D eigenvalue weighted by Gasteiger charge is 2.37. The molecule has 0 spiro atoms. The van der Waals surface area contributed by atoms with Crippen LogP contribution < -0.4 is 0 Å². The summed E-state index contributed by atoms with van der Waals surface area (Å²) in [4.78, 5) is 41.9. The molecule has 694 valence electrons. The number of para-hydroxylation sites is 9. The zero-order valence-corrected chi connectivity index (χ0v) is 80.1. The fourth-order valence-corrected chi connectivity index (χ4v) is 22.6. The smallest absolute Gasteiger partial charge is 0.238 e. The van der Waals surface area contributed by atoms with Crippen molar-refractivity contribution in [2.45, 2.75) is 19.3 Å². The van der Waals surface area contributed by atoms with Gasteiger partial charge in [0, 0.05) is 126 Å². The second-order valence-electron chi connectivity index (χ2n) is 38.4. The predicted octanol–water partition coefficient (Wildman–Crippen LogP) is 33.9. The number of hydrogen-bond donors (Lipinski definition) is 0. The molecule has 0 radical (unpaired) electrons. The van der Waals surface area contributed by atoms with E-state index in [1.165, 1.54) is 49.2 Å². The maximum absolute atomic E-state index is 6.32. The van der Waals surface area contributed by atoms with Gasteiger partial charge in [0.1, 0.15) is 39.3 Å². The fraction of sp³-hybridized carbons (Fsp3) is 0.0226. The Labute approximate surface area is 847 Å². The summed E-state index contributed by atoms with van der Waals surface area (Å²) in [5, 5.41) is 15.6. The van der Waals surface area contributed by atoms with Crippen molar-refractivity contribution in [3.63, 3.8) is 0 Å². The standard InChI is InChI=1S/C48H32N4O.C45H27N5O.C40H25N3O/c1-48(2)38-22-9-6-18-32(38)36-28-41-37(27-39(36)48)33-19-7-10-23-40(33)52(41)47-50-45(31-17-12-16-30(26-31)29-14-4-3-5-15-29)49-46(51-47)35-21-13-25-43-44(35)34-20-8-11-24-42(34)53-43;1-3-13-28(14-4-1)43-46-44(29-23-24-42-36(25-29)33-19-9-12-22-41(33)51-42)48-45(47-43)50-38-21-11-8-18-32(38)35-26-39-34(27-40(35)50)31-17-7-10-20-37(31)49(39)30-15-5-2-6-16-30;1-2-12-26(13-3-1)27-14-10-15-28(24-27)40-41-33(31-19-11-23-37-39(31)32-18-6-9-22-36(32)44-37)25-38(42-40)43-34-20-7-4-16-29(34)30-17-5-8-21-35(30)43/h3-28H,1-2H3;1-27H;1-25H. The highest BCUT2D eigenvalue weighted by molar-refractivity contribution is 6.21. The third-order valence-corrected chi connectivity index (χ3v) is 29.5. The summed E-state index contributed by atoms with van der Waals surface area (Å²) in [6, 6.07) is 165. The molecule has 0 bridgehead atoms. The molecule has 0 N–H and O–H groups in total. The predicted molar refractivity (Wildman–Crippen MR) is 602 cm³/mol. The summed E-state index contributed by atoms with van der Waals surface area (Å²) in [5.74, 6) is 5.01. The van der Waals surface area contributed by atoms with Crippen LogP contribution in [0.4, 0.5) is 0 Å². The number of rotatable bonds is 12. The minimum absolute atomic E-state index is 0.118. The van der Waals surface area contributed by atoms with Crippen LogP contribution in [-0.2, 0) is 5.41 Å². The topological polar surface area (TPSA) is 162 Å². The van der Waals surface area contributed by atoms with Crippen LogP contribution in [0.5, 0.6) is 0 Å². The maximum atomic E-state index is 6.32. The molecule has 10 heterocycles. The number of fused-ring (bicyclic) bond motifs is 24. The van der Waals surface area contributed by atoms with Crippen molar-refractivity contribution in [1.29, 1.82) is 0 Å². The van der Waals surface area contributed by atoms with Gasteiger partial charge in [0.2, 0.25) is 11.9 Å². The SMILES string of the molecule is CC1(C)c2ccccc2-c2cc3c(cc21)c1ccccc1n3-c1nc(-c2cccc(-c3ccccc3)c2)nc(-c2cccc3oc4ccccc4c23)n1.c1ccc(-c2cccc(-c3nc(-c4cccc5oc6ccccc6c45)cc(-n4c5ccccc5c5ccccc54)n3)c2)cc1.c1ccc(-c2nc(-c3ccc4oc5ccccc5c4c3)nc(-n3c4ccccc4c4cc5c(cc43)c3ccccc3n5-c3ccccc3)n2)cc1. The van der Waals surface area contributed by atoms with Crippen LogP contribution in [-0.4, -0.2) is 58.1 Å². The summed E-state index contributed by atoms with van der Waals surface area (Å²) < 4.78 is 27.8. The molecule has 20 aromatic carbocycles. The molecule has 0 atom stereocenters. The Bertz CT molecular complexity index is 10600. The van der Waals surface area contributed by atoms with Gasteiger partial charge in [0.05, 0.1) is 49.8 Å². The molecule has 0 unspecified atom stereocenters. The van der Waals surface area contributed by atoms with Crippen LogP contribution in [0.15, 0.2) is 486 Å². The highest BCUT2D eigenvalue weighted by atomic mass is 16.3. The molecule has 1 aliphatic carbocycles. The van der Waals surface area contributed by atoms with Gasteiger partial charge in [0.15, 0.2) is 29.1 Å². The van der Waals surface area contributed by atoms with E-state index in [0.717, 1.165) is 199 Å². The van der Waals surface area contributed by atoms with E-state index in [1.54, 1.807) is 0 Å². The van der Waals surface area contributed by atoms with Crippen LogP contribution >= 0.6 is 0 Å². The average Bonchev–Trinajstić information content (AvgIpc) is 1.55. The van der Waals surface area contributed by atoms with E-state index in [0.29, 0.717) is 41.0 Å². The number of benzene rings is 20. The summed E-state index contributed by atoms with van der Waals surface area (Å²) in [6.45, 7) is 4.66. The van der Waals surface area contributed by atoms with E-state index < -0.39 is 0 Å². The van der Waals surface area contributed by atoms with Gasteiger partial charge in [-0.3, -0.25) is 13.7 Å². The molecule has 10 aromatic heterocycles. The summed E-state index contributed by atoms with van der Waals surface area (Å²) in [7, 11) is 0. The first kappa shape index (κ1) is 84.9. The fourth-order valence-electron chi connectivity index (χ4n) is 22.6. The lowest BCUT2D eigenvalue weighted by Crippen LogP contribution is -2.14. The van der Waals surface area contributed by atoms with Gasteiger partial charge in [-0.15, -0.1) is 0 Å². The monoisotopic (exact) mass is 1900 g/mol.